The molecule has 42 heavy (non-hydrogen) atoms. The number of para-hydroxylation sites is 1. The van der Waals surface area contributed by atoms with Crippen LogP contribution in [0.2, 0.25) is 0 Å². The molecule has 0 bridgehead atoms. The average molecular weight is 571 g/mol. The molecule has 0 saturated heterocycles. The maximum absolute atomic E-state index is 9.90. The summed E-state index contributed by atoms with van der Waals surface area (Å²) in [4.78, 5) is 1.45. The zero-order valence-corrected chi connectivity index (χ0v) is 24.2. The molecule has 2 aliphatic rings. The van der Waals surface area contributed by atoms with E-state index in [0.717, 1.165) is 41.7 Å². The number of aryl methyl sites for hydroxylation is 1. The van der Waals surface area contributed by atoms with Gasteiger partial charge in [-0.2, -0.15) is 5.26 Å². The van der Waals surface area contributed by atoms with Crippen molar-refractivity contribution in [2.45, 2.75) is 19.3 Å². The predicted octanol–water partition coefficient (Wildman–Crippen LogP) is 10.3. The third kappa shape index (κ3) is 3.37. The van der Waals surface area contributed by atoms with Crippen molar-refractivity contribution < 1.29 is 0 Å². The van der Waals surface area contributed by atoms with Crippen molar-refractivity contribution in [2.24, 2.45) is 0 Å². The van der Waals surface area contributed by atoms with Crippen molar-refractivity contribution in [1.82, 2.24) is 4.57 Å². The second-order valence-corrected chi connectivity index (χ2v) is 13.0. The molecule has 3 heterocycles. The summed E-state index contributed by atoms with van der Waals surface area (Å²) >= 11 is 3.86. The van der Waals surface area contributed by atoms with Crippen molar-refractivity contribution in [3.63, 3.8) is 0 Å². The summed E-state index contributed by atoms with van der Waals surface area (Å²) < 4.78 is 6.44. The van der Waals surface area contributed by atoms with Crippen LogP contribution in [0, 0.1) is 23.2 Å². The highest BCUT2D eigenvalue weighted by atomic mass is 32.1. The molecular formula is C38H22N2S2. The fourth-order valence-electron chi connectivity index (χ4n) is 6.69. The highest BCUT2D eigenvalue weighted by Gasteiger charge is 2.24. The molecule has 196 valence electrons. The standard InChI is InChI=1S/C38H22N2S2/c39-22-23-14-18-34(40-32-11-3-1-2-8-25(32)26-9-4-6-12-33(26)40)30(20-23)24-15-19-36-31(21-24)29-17-16-28-27-10-5-7-13-35(27)41-37(28)38(29)42-36/h2,4-10,12-14,16-18,20-21H,1,15,19H2. The van der Waals surface area contributed by atoms with Crippen LogP contribution in [0.3, 0.4) is 0 Å². The van der Waals surface area contributed by atoms with Crippen LogP contribution < -0.4 is 0 Å². The van der Waals surface area contributed by atoms with Gasteiger partial charge in [0.15, 0.2) is 0 Å². The van der Waals surface area contributed by atoms with Crippen molar-refractivity contribution in [2.75, 3.05) is 0 Å². The Morgan fingerprint density at radius 3 is 2.55 bits per heavy atom. The lowest BCUT2D eigenvalue weighted by molar-refractivity contribution is 1.02. The van der Waals surface area contributed by atoms with Crippen LogP contribution >= 0.6 is 22.7 Å². The van der Waals surface area contributed by atoms with Gasteiger partial charge in [0.25, 0.3) is 0 Å². The average Bonchev–Trinajstić information content (AvgIpc) is 3.63. The Balaban J connectivity index is 1.29. The molecule has 0 amide bonds. The Labute approximate surface area is 251 Å². The van der Waals surface area contributed by atoms with Crippen molar-refractivity contribution in [3.05, 3.63) is 118 Å². The molecule has 9 rings (SSSR count). The largest absolute Gasteiger partial charge is 0.301 e. The van der Waals surface area contributed by atoms with Crippen LogP contribution in [-0.2, 0) is 6.42 Å². The molecule has 0 radical (unpaired) electrons. The van der Waals surface area contributed by atoms with Crippen molar-refractivity contribution in [3.8, 4) is 23.6 Å². The lowest BCUT2D eigenvalue weighted by Crippen LogP contribution is -2.05. The number of fused-ring (bicyclic) bond motifs is 10. The molecule has 0 unspecified atom stereocenters. The lowest BCUT2D eigenvalue weighted by Gasteiger charge is -2.19. The summed E-state index contributed by atoms with van der Waals surface area (Å²) in [6, 6.07) is 30.4. The first-order chi connectivity index (χ1) is 20.8. The van der Waals surface area contributed by atoms with E-state index in [2.05, 4.69) is 114 Å². The summed E-state index contributed by atoms with van der Waals surface area (Å²) in [5, 5.41) is 15.1. The Bertz CT molecular complexity index is 2460. The van der Waals surface area contributed by atoms with Crippen LogP contribution in [0.5, 0.6) is 0 Å². The van der Waals surface area contributed by atoms with E-state index >= 15 is 0 Å². The molecule has 2 aliphatic carbocycles. The quantitative estimate of drug-likeness (QED) is 0.190. The van der Waals surface area contributed by atoms with Gasteiger partial charge in [-0.15, -0.1) is 22.7 Å². The third-order valence-electron chi connectivity index (χ3n) is 8.59. The molecule has 3 aromatic heterocycles. The molecule has 0 aliphatic heterocycles. The number of aromatic nitrogens is 1. The van der Waals surface area contributed by atoms with Crippen LogP contribution in [-0.4, -0.2) is 4.57 Å². The molecule has 0 fully saturated rings. The number of rotatable bonds is 2. The van der Waals surface area contributed by atoms with E-state index < -0.39 is 0 Å². The Hall–Kier alpha value is -4.87. The van der Waals surface area contributed by atoms with E-state index in [4.69, 9.17) is 0 Å². The van der Waals surface area contributed by atoms with E-state index in [1.165, 1.54) is 57.2 Å². The summed E-state index contributed by atoms with van der Waals surface area (Å²) in [6.07, 6.45) is 9.42. The fraction of sp³-hybridized carbons (Fsp3) is 0.0789. The van der Waals surface area contributed by atoms with Gasteiger partial charge < -0.3 is 4.57 Å². The Kier molecular flexibility index (Phi) is 5.14. The summed E-state index contributed by atoms with van der Waals surface area (Å²) in [5.41, 5.74) is 8.80. The number of nitrogens with zero attached hydrogens (tertiary/aromatic N) is 2. The number of hydrogen-bond acceptors (Lipinski definition) is 3. The molecule has 0 spiro atoms. The normalized spacial score (nSPS) is 13.9. The second kappa shape index (κ2) is 9.07. The van der Waals surface area contributed by atoms with Crippen LogP contribution in [0.4, 0.5) is 0 Å². The Morgan fingerprint density at radius 2 is 1.62 bits per heavy atom. The molecular weight excluding hydrogens is 549 g/mol. The zero-order chi connectivity index (χ0) is 27.8. The number of allylic oxidation sites excluding steroid dienone is 2. The van der Waals surface area contributed by atoms with Gasteiger partial charge in [0.2, 0.25) is 0 Å². The molecule has 4 heteroatoms. The van der Waals surface area contributed by atoms with E-state index in [-0.39, 0.29) is 0 Å². The van der Waals surface area contributed by atoms with Gasteiger partial charge in [-0.05, 0) is 66.3 Å². The second-order valence-electron chi connectivity index (χ2n) is 10.9. The van der Waals surface area contributed by atoms with E-state index in [9.17, 15) is 5.26 Å². The number of hydrogen-bond donors (Lipinski definition) is 0. The molecule has 4 aromatic carbocycles. The van der Waals surface area contributed by atoms with Gasteiger partial charge in [-0.3, -0.25) is 0 Å². The molecule has 7 aromatic rings. The Morgan fingerprint density at radius 1 is 0.786 bits per heavy atom. The number of thiophene rings is 2. The molecule has 0 atom stereocenters. The van der Waals surface area contributed by atoms with Crippen molar-refractivity contribution >= 4 is 81.6 Å². The van der Waals surface area contributed by atoms with E-state index in [1.54, 1.807) is 0 Å². The van der Waals surface area contributed by atoms with Crippen LogP contribution in [0.1, 0.15) is 45.7 Å². The van der Waals surface area contributed by atoms with Gasteiger partial charge in [0.1, 0.15) is 5.69 Å². The third-order valence-corrected chi connectivity index (χ3v) is 11.2. The zero-order valence-electron chi connectivity index (χ0n) is 22.6. The summed E-state index contributed by atoms with van der Waals surface area (Å²) in [7, 11) is 0. The highest BCUT2D eigenvalue weighted by molar-refractivity contribution is 7.31. The minimum absolute atomic E-state index is 0.677. The monoisotopic (exact) mass is 570 g/mol. The van der Waals surface area contributed by atoms with Crippen LogP contribution in [0.15, 0.2) is 84.9 Å². The van der Waals surface area contributed by atoms with Gasteiger partial charge in [-0.1, -0.05) is 66.6 Å². The number of nitriles is 1. The van der Waals surface area contributed by atoms with Gasteiger partial charge >= 0.3 is 0 Å². The number of benzene rings is 4. The maximum atomic E-state index is 9.90. The highest BCUT2D eigenvalue weighted by Crippen LogP contribution is 2.47. The molecule has 0 saturated carbocycles. The minimum atomic E-state index is 0.677. The van der Waals surface area contributed by atoms with E-state index in [1.807, 2.05) is 28.7 Å². The van der Waals surface area contributed by atoms with E-state index in [0.29, 0.717) is 5.56 Å². The smallest absolute Gasteiger partial charge is 0.105 e. The first-order valence-corrected chi connectivity index (χ1v) is 15.8. The molecule has 0 N–H and O–H groups in total. The molecule has 2 nitrogen and oxygen atoms in total. The van der Waals surface area contributed by atoms with Crippen molar-refractivity contribution in [1.29, 1.82) is 5.26 Å². The van der Waals surface area contributed by atoms with Crippen LogP contribution in [0.25, 0.3) is 64.6 Å². The topological polar surface area (TPSA) is 28.7 Å². The maximum Gasteiger partial charge on any atom is 0.105 e. The van der Waals surface area contributed by atoms with Gasteiger partial charge in [-0.25, -0.2) is 0 Å². The fourth-order valence-corrected chi connectivity index (χ4v) is 9.31. The summed E-state index contributed by atoms with van der Waals surface area (Å²) in [5.74, 6) is 6.80. The van der Waals surface area contributed by atoms with Gasteiger partial charge in [0, 0.05) is 48.7 Å². The first-order valence-electron chi connectivity index (χ1n) is 14.2. The summed E-state index contributed by atoms with van der Waals surface area (Å²) in [6.45, 7) is 0. The lowest BCUT2D eigenvalue weighted by atomic mass is 9.90. The first kappa shape index (κ1) is 23.8. The predicted molar refractivity (Wildman–Crippen MR) is 179 cm³/mol. The SMILES string of the molecule is N#Cc1ccc(-n2c3c(c4ccccc42)C=CCC#C3)c(C2=Cc3c(sc4c3ccc3c5ccccc5sc34)CC2)c1. The van der Waals surface area contributed by atoms with Gasteiger partial charge in [0.05, 0.1) is 32.2 Å². The minimum Gasteiger partial charge on any atom is -0.301 e.